The minimum absolute atomic E-state index is 0.0337. The van der Waals surface area contributed by atoms with Gasteiger partial charge in [-0.2, -0.15) is 38.2 Å². The molecule has 29 heteroatoms. The third-order valence-electron chi connectivity index (χ3n) is 12.0. The van der Waals surface area contributed by atoms with Gasteiger partial charge in [0.25, 0.3) is 52.3 Å². The Hall–Kier alpha value is -6.73. The fourth-order valence-electron chi connectivity index (χ4n) is 8.43. The summed E-state index contributed by atoms with van der Waals surface area (Å²) in [6, 6.07) is 7.05. The van der Waals surface area contributed by atoms with Crippen LogP contribution in [0.3, 0.4) is 0 Å². The molecular weight excluding hydrogens is 1060 g/mol. The summed E-state index contributed by atoms with van der Waals surface area (Å²) in [6.45, 7) is 6.91. The van der Waals surface area contributed by atoms with E-state index < -0.39 is 116 Å². The van der Waals surface area contributed by atoms with Gasteiger partial charge in [0.15, 0.2) is 5.71 Å². The molecule has 0 saturated carbocycles. The van der Waals surface area contributed by atoms with E-state index in [-0.39, 0.29) is 48.3 Å². The average Bonchev–Trinajstić information content (AvgIpc) is 3.61. The molecule has 400 valence electrons. The van der Waals surface area contributed by atoms with E-state index in [4.69, 9.17) is 0 Å². The minimum atomic E-state index is -4.84. The number of carboxylic acid groups (broad SMARTS) is 3. The smallest absolute Gasteiger partial charge is 0.337 e. The van der Waals surface area contributed by atoms with E-state index in [9.17, 15) is 91.2 Å². The van der Waals surface area contributed by atoms with Crippen molar-refractivity contribution in [3.8, 4) is 0 Å². The maximum Gasteiger partial charge on any atom is 0.337 e. The number of fused-ring (bicyclic) bond motifs is 2. The van der Waals surface area contributed by atoms with Gasteiger partial charge >= 0.3 is 17.9 Å². The molecule has 2 aliphatic heterocycles. The molecule has 1 aromatic heterocycles. The monoisotopic (exact) mass is 1110 g/mol. The summed E-state index contributed by atoms with van der Waals surface area (Å²) in [4.78, 5) is 68.3. The summed E-state index contributed by atoms with van der Waals surface area (Å²) in [5.41, 5.74) is 0.658. The fraction of sp³-hybridized carbons (Fsp3) is 0.356. The van der Waals surface area contributed by atoms with Crippen LogP contribution in [0.2, 0.25) is 0 Å². The van der Waals surface area contributed by atoms with Crippen LogP contribution in [-0.2, 0) is 60.9 Å². The zero-order chi connectivity index (χ0) is 55.5. The molecule has 3 aromatic rings. The number of hydrogen-bond acceptors (Lipinski definition) is 15. The van der Waals surface area contributed by atoms with E-state index in [1.807, 2.05) is 0 Å². The largest absolute Gasteiger partial charge is 0.480 e. The third-order valence-corrected chi connectivity index (χ3v) is 15.1. The van der Waals surface area contributed by atoms with Crippen LogP contribution in [0.25, 0.3) is 5.57 Å². The number of hydrogen-bond donors (Lipinski definition) is 9. The second-order valence-corrected chi connectivity index (χ2v) is 24.3. The number of carbonyl (C=O) groups excluding carboxylic acids is 2. The van der Waals surface area contributed by atoms with Crippen LogP contribution >= 0.6 is 0 Å². The molecule has 0 bridgehead atoms. The number of aromatic carboxylic acids is 1. The Morgan fingerprint density at radius 1 is 0.676 bits per heavy atom. The first-order valence-corrected chi connectivity index (χ1v) is 28.3. The molecular formula is C45H52N5O20S4+. The SMILES string of the molecule is CC1(C)C(=CC=C(C=CC2=[N+](CCCS(=O)(=O)O)c3ccc(C(=O)NC(CS(=O)(=O)O)C(=O)O)cc3C2(C)C)c2ccc(C(=O)O)cn2)N(CCCS(=O)(=O)O)c2ccc(C(=O)NC(CS(=O)(=O)O)C(=O)O)cc21. The van der Waals surface area contributed by atoms with Gasteiger partial charge in [0.1, 0.15) is 30.1 Å². The number of amides is 2. The van der Waals surface area contributed by atoms with Crippen LogP contribution < -0.4 is 15.5 Å². The second kappa shape index (κ2) is 22.0. The number of allylic oxidation sites excluding steroid dienone is 6. The van der Waals surface area contributed by atoms with E-state index in [1.165, 1.54) is 48.5 Å². The van der Waals surface area contributed by atoms with Gasteiger partial charge in [0, 0.05) is 70.4 Å². The van der Waals surface area contributed by atoms with Crippen molar-refractivity contribution in [1.82, 2.24) is 15.6 Å². The fourth-order valence-corrected chi connectivity index (χ4v) is 10.7. The van der Waals surface area contributed by atoms with Crippen LogP contribution in [-0.4, -0.2) is 160 Å². The Labute approximate surface area is 425 Å². The highest BCUT2D eigenvalue weighted by molar-refractivity contribution is 7.86. The van der Waals surface area contributed by atoms with Gasteiger partial charge in [-0.3, -0.25) is 32.8 Å². The normalized spacial score (nSPS) is 16.9. The standard InChI is InChI=1S/C45H51N5O20S4/c1-44(2)30-21-27(39(51)47-33(42(55)56)24-73(65,66)67)8-13-35(30)49(17-5-19-71(59,60)61)37(44)15-10-26(32-12-7-29(23-46-32)41(53)54)11-16-38-45(3,4)31-22-28(40(52)48-34(43(57)58)25-74(68,69)70)9-14-36(31)50(38)18-6-20-72(62,63)64/h7-16,21-23,33-34H,5-6,17-20,24-25H2,1-4H3,(H8-,47,48,51,52,53,54,55,56,57,58,59,60,61,62,63,64,65,66,67,68,69,70)/p+1. The number of aliphatic carboxylic acids is 2. The molecule has 5 rings (SSSR count). The van der Waals surface area contributed by atoms with Gasteiger partial charge in [-0.1, -0.05) is 19.9 Å². The number of aromatic nitrogens is 1. The van der Waals surface area contributed by atoms with E-state index in [2.05, 4.69) is 15.6 Å². The molecule has 0 aliphatic carbocycles. The van der Waals surface area contributed by atoms with Gasteiger partial charge in [0.05, 0.1) is 28.2 Å². The van der Waals surface area contributed by atoms with Crippen molar-refractivity contribution < 1.29 is 95.7 Å². The molecule has 0 saturated heterocycles. The molecule has 0 fully saturated rings. The summed E-state index contributed by atoms with van der Waals surface area (Å²) in [7, 11) is -18.6. The van der Waals surface area contributed by atoms with Crippen LogP contribution in [0.5, 0.6) is 0 Å². The van der Waals surface area contributed by atoms with Gasteiger partial charge in [0.2, 0.25) is 5.69 Å². The van der Waals surface area contributed by atoms with Crippen LogP contribution in [0.1, 0.15) is 88.4 Å². The number of nitrogens with zero attached hydrogens (tertiary/aromatic N) is 3. The number of rotatable bonds is 23. The first-order valence-electron chi connectivity index (χ1n) is 21.9. The Morgan fingerprint density at radius 3 is 1.68 bits per heavy atom. The summed E-state index contributed by atoms with van der Waals surface area (Å²) in [6.07, 6.45) is 7.30. The number of benzene rings is 2. The third kappa shape index (κ3) is 14.7. The molecule has 25 nitrogen and oxygen atoms in total. The molecule has 2 amide bonds. The lowest BCUT2D eigenvalue weighted by Crippen LogP contribution is -2.45. The number of pyridine rings is 1. The molecule has 2 aliphatic rings. The van der Waals surface area contributed by atoms with E-state index >= 15 is 0 Å². The molecule has 2 atom stereocenters. The molecule has 2 aromatic carbocycles. The highest BCUT2D eigenvalue weighted by Crippen LogP contribution is 2.48. The lowest BCUT2D eigenvalue weighted by molar-refractivity contribution is -0.437. The minimum Gasteiger partial charge on any atom is -0.480 e. The van der Waals surface area contributed by atoms with Crippen molar-refractivity contribution in [2.75, 3.05) is 41.0 Å². The summed E-state index contributed by atoms with van der Waals surface area (Å²) in [5.74, 6) is -10.8. The van der Waals surface area contributed by atoms with E-state index in [0.717, 1.165) is 6.20 Å². The zero-order valence-electron chi connectivity index (χ0n) is 39.7. The van der Waals surface area contributed by atoms with Gasteiger partial charge < -0.3 is 30.9 Å². The lowest BCUT2D eigenvalue weighted by atomic mass is 9.80. The Balaban J connectivity index is 1.66. The van der Waals surface area contributed by atoms with Crippen LogP contribution in [0.4, 0.5) is 11.4 Å². The summed E-state index contributed by atoms with van der Waals surface area (Å²) < 4.78 is 133. The molecule has 9 N–H and O–H groups in total. The lowest BCUT2D eigenvalue weighted by Gasteiger charge is -2.27. The topological polar surface area (TPSA) is 407 Å². The van der Waals surface area contributed by atoms with Crippen molar-refractivity contribution in [2.24, 2.45) is 0 Å². The summed E-state index contributed by atoms with van der Waals surface area (Å²) >= 11 is 0. The van der Waals surface area contributed by atoms with E-state index in [1.54, 1.807) is 61.5 Å². The molecule has 0 spiro atoms. The van der Waals surface area contributed by atoms with Crippen molar-refractivity contribution in [3.05, 3.63) is 118 Å². The highest BCUT2D eigenvalue weighted by Gasteiger charge is 2.45. The molecule has 2 unspecified atom stereocenters. The molecule has 3 heterocycles. The van der Waals surface area contributed by atoms with Gasteiger partial charge in [-0.15, -0.1) is 0 Å². The van der Waals surface area contributed by atoms with Gasteiger partial charge in [-0.05, 0) is 80.4 Å². The Morgan fingerprint density at radius 2 is 1.19 bits per heavy atom. The average molecular weight is 1110 g/mol. The maximum absolute atomic E-state index is 13.4. The van der Waals surface area contributed by atoms with Crippen LogP contribution in [0, 0.1) is 0 Å². The quantitative estimate of drug-likeness (QED) is 0.0373. The Bertz CT molecular complexity index is 3380. The zero-order valence-corrected chi connectivity index (χ0v) is 43.0. The highest BCUT2D eigenvalue weighted by atomic mass is 32.2. The van der Waals surface area contributed by atoms with Crippen molar-refractivity contribution in [3.63, 3.8) is 0 Å². The number of carboxylic acids is 3. The first-order chi connectivity index (χ1) is 34.0. The van der Waals surface area contributed by atoms with Crippen LogP contribution in [0.15, 0.2) is 84.7 Å². The predicted octanol–water partition coefficient (Wildman–Crippen LogP) is 2.17. The maximum atomic E-state index is 13.4. The van der Waals surface area contributed by atoms with E-state index in [0.29, 0.717) is 39.5 Å². The predicted molar refractivity (Wildman–Crippen MR) is 265 cm³/mol. The number of nitrogens with one attached hydrogen (secondary N) is 2. The molecule has 74 heavy (non-hydrogen) atoms. The summed E-state index contributed by atoms with van der Waals surface area (Å²) in [5, 5.41) is 32.9. The number of anilines is 1. The first kappa shape index (κ1) is 58.2. The molecule has 0 radical (unpaired) electrons. The van der Waals surface area contributed by atoms with Crippen molar-refractivity contribution in [1.29, 1.82) is 0 Å². The number of carbonyl (C=O) groups is 5. The van der Waals surface area contributed by atoms with Crippen molar-refractivity contribution in [2.45, 2.75) is 63.5 Å². The van der Waals surface area contributed by atoms with Gasteiger partial charge in [-0.25, -0.2) is 14.4 Å². The second-order valence-electron chi connectivity index (χ2n) is 18.2. The van der Waals surface area contributed by atoms with Crippen molar-refractivity contribution >= 4 is 92.9 Å². The Kier molecular flexibility index (Phi) is 17.3.